The van der Waals surface area contributed by atoms with Crippen LogP contribution in [0.4, 0.5) is 5.69 Å². The topological polar surface area (TPSA) is 41.1 Å². The molecule has 1 aliphatic heterocycles. The molecular formula is C13H18N2OS. The number of benzene rings is 1. The molecule has 1 fully saturated rings. The Morgan fingerprint density at radius 1 is 1.59 bits per heavy atom. The van der Waals surface area contributed by atoms with Crippen molar-refractivity contribution in [3.63, 3.8) is 0 Å². The van der Waals surface area contributed by atoms with E-state index in [1.807, 2.05) is 31.2 Å². The fourth-order valence-corrected chi connectivity index (χ4v) is 2.86. The normalized spacial score (nSPS) is 19.2. The van der Waals surface area contributed by atoms with Crippen LogP contribution in [0.5, 0.6) is 0 Å². The second-order valence-electron chi connectivity index (χ2n) is 4.34. The van der Waals surface area contributed by atoms with E-state index in [0.29, 0.717) is 11.0 Å². The van der Waals surface area contributed by atoms with E-state index in [9.17, 15) is 4.79 Å². The summed E-state index contributed by atoms with van der Waals surface area (Å²) in [5.41, 5.74) is 2.05. The highest BCUT2D eigenvalue weighted by atomic mass is 32.2. The van der Waals surface area contributed by atoms with Crippen LogP contribution in [0.2, 0.25) is 0 Å². The van der Waals surface area contributed by atoms with Crippen LogP contribution in [0.25, 0.3) is 0 Å². The summed E-state index contributed by atoms with van der Waals surface area (Å²) < 4.78 is 0. The number of rotatable bonds is 4. The van der Waals surface area contributed by atoms with Crippen LogP contribution in [0.15, 0.2) is 24.3 Å². The molecule has 0 radical (unpaired) electrons. The molecule has 17 heavy (non-hydrogen) atoms. The summed E-state index contributed by atoms with van der Waals surface area (Å²) in [7, 11) is 0. The SMILES string of the molecule is Cc1cccc(NC(=O)CSC2CCNC2)c1. The number of carbonyl (C=O) groups excluding carboxylic acids is 1. The van der Waals surface area contributed by atoms with Gasteiger partial charge in [0.1, 0.15) is 0 Å². The molecule has 0 aromatic heterocycles. The zero-order valence-electron chi connectivity index (χ0n) is 10.0. The third-order valence-corrected chi connectivity index (χ3v) is 4.07. The van der Waals surface area contributed by atoms with Gasteiger partial charge in [0, 0.05) is 17.5 Å². The molecule has 1 heterocycles. The van der Waals surface area contributed by atoms with Gasteiger partial charge in [-0.05, 0) is 37.6 Å². The number of thioether (sulfide) groups is 1. The Balaban J connectivity index is 1.76. The minimum absolute atomic E-state index is 0.0903. The fraction of sp³-hybridized carbons (Fsp3) is 0.462. The minimum atomic E-state index is 0.0903. The van der Waals surface area contributed by atoms with E-state index >= 15 is 0 Å². The van der Waals surface area contributed by atoms with E-state index in [1.54, 1.807) is 11.8 Å². The standard InChI is InChI=1S/C13H18N2OS/c1-10-3-2-4-11(7-10)15-13(16)9-17-12-5-6-14-8-12/h2-4,7,12,14H,5-6,8-9H2,1H3,(H,15,16). The Morgan fingerprint density at radius 3 is 3.18 bits per heavy atom. The average molecular weight is 250 g/mol. The van der Waals surface area contributed by atoms with Crippen molar-refractivity contribution in [2.45, 2.75) is 18.6 Å². The number of anilines is 1. The first kappa shape index (κ1) is 12.5. The predicted octanol–water partition coefficient (Wildman–Crippen LogP) is 2.03. The van der Waals surface area contributed by atoms with Crippen LogP contribution < -0.4 is 10.6 Å². The van der Waals surface area contributed by atoms with E-state index < -0.39 is 0 Å². The lowest BCUT2D eigenvalue weighted by atomic mass is 10.2. The summed E-state index contributed by atoms with van der Waals surface area (Å²) in [6.07, 6.45) is 1.17. The summed E-state index contributed by atoms with van der Waals surface area (Å²) in [5, 5.41) is 6.82. The highest BCUT2D eigenvalue weighted by molar-refractivity contribution is 8.00. The summed E-state index contributed by atoms with van der Waals surface area (Å²) >= 11 is 1.74. The van der Waals surface area contributed by atoms with Gasteiger partial charge < -0.3 is 10.6 Å². The number of amides is 1. The summed E-state index contributed by atoms with van der Waals surface area (Å²) in [6, 6.07) is 7.89. The molecule has 1 unspecified atom stereocenters. The maximum atomic E-state index is 11.7. The van der Waals surface area contributed by atoms with Crippen LogP contribution in [0, 0.1) is 6.92 Å². The summed E-state index contributed by atoms with van der Waals surface area (Å²) in [4.78, 5) is 11.7. The van der Waals surface area contributed by atoms with Crippen LogP contribution in [0.3, 0.4) is 0 Å². The number of aryl methyl sites for hydroxylation is 1. The Morgan fingerprint density at radius 2 is 2.47 bits per heavy atom. The van der Waals surface area contributed by atoms with Crippen molar-refractivity contribution in [1.29, 1.82) is 0 Å². The van der Waals surface area contributed by atoms with E-state index in [1.165, 1.54) is 6.42 Å². The molecule has 2 N–H and O–H groups in total. The Bertz CT molecular complexity index is 389. The smallest absolute Gasteiger partial charge is 0.234 e. The first-order valence-corrected chi connectivity index (χ1v) is 6.98. The minimum Gasteiger partial charge on any atom is -0.325 e. The maximum Gasteiger partial charge on any atom is 0.234 e. The first-order chi connectivity index (χ1) is 8.24. The molecule has 1 atom stereocenters. The molecule has 0 aliphatic carbocycles. The van der Waals surface area contributed by atoms with Gasteiger partial charge in [0.25, 0.3) is 0 Å². The van der Waals surface area contributed by atoms with Crippen LogP contribution in [-0.2, 0) is 4.79 Å². The second-order valence-corrected chi connectivity index (χ2v) is 5.63. The van der Waals surface area contributed by atoms with E-state index in [4.69, 9.17) is 0 Å². The van der Waals surface area contributed by atoms with Crippen molar-refractivity contribution < 1.29 is 4.79 Å². The van der Waals surface area contributed by atoms with Crippen molar-refractivity contribution in [3.05, 3.63) is 29.8 Å². The van der Waals surface area contributed by atoms with Gasteiger partial charge in [-0.1, -0.05) is 12.1 Å². The quantitative estimate of drug-likeness (QED) is 0.859. The molecule has 1 aromatic carbocycles. The molecule has 0 bridgehead atoms. The predicted molar refractivity (Wildman–Crippen MR) is 73.5 cm³/mol. The highest BCUT2D eigenvalue weighted by Gasteiger charge is 2.16. The molecule has 92 valence electrons. The van der Waals surface area contributed by atoms with Gasteiger partial charge in [-0.15, -0.1) is 11.8 Å². The van der Waals surface area contributed by atoms with E-state index in [0.717, 1.165) is 24.3 Å². The molecule has 4 heteroatoms. The van der Waals surface area contributed by atoms with Gasteiger partial charge in [-0.2, -0.15) is 0 Å². The number of hydrogen-bond acceptors (Lipinski definition) is 3. The molecule has 0 spiro atoms. The summed E-state index contributed by atoms with van der Waals surface area (Å²) in [6.45, 7) is 4.13. The van der Waals surface area contributed by atoms with E-state index in [2.05, 4.69) is 10.6 Å². The zero-order valence-corrected chi connectivity index (χ0v) is 10.8. The number of nitrogens with one attached hydrogen (secondary N) is 2. The van der Waals surface area contributed by atoms with Crippen LogP contribution >= 0.6 is 11.8 Å². The molecule has 1 aromatic rings. The molecule has 1 aliphatic rings. The molecule has 2 rings (SSSR count). The van der Waals surface area contributed by atoms with E-state index in [-0.39, 0.29) is 5.91 Å². The third-order valence-electron chi connectivity index (χ3n) is 2.77. The van der Waals surface area contributed by atoms with Crippen molar-refractivity contribution >= 4 is 23.4 Å². The lowest BCUT2D eigenvalue weighted by Crippen LogP contribution is -2.17. The number of hydrogen-bond donors (Lipinski definition) is 2. The molecular weight excluding hydrogens is 232 g/mol. The van der Waals surface area contributed by atoms with Gasteiger partial charge >= 0.3 is 0 Å². The monoisotopic (exact) mass is 250 g/mol. The Labute approximate surface area is 106 Å². The van der Waals surface area contributed by atoms with Gasteiger partial charge in [0.15, 0.2) is 0 Å². The third kappa shape index (κ3) is 4.06. The van der Waals surface area contributed by atoms with Gasteiger partial charge in [-0.25, -0.2) is 0 Å². The summed E-state index contributed by atoms with van der Waals surface area (Å²) in [5.74, 6) is 0.632. The van der Waals surface area contributed by atoms with Crippen LogP contribution in [-0.4, -0.2) is 30.0 Å². The van der Waals surface area contributed by atoms with Gasteiger partial charge in [0.2, 0.25) is 5.91 Å². The van der Waals surface area contributed by atoms with Gasteiger partial charge in [0.05, 0.1) is 5.75 Å². The molecule has 0 saturated carbocycles. The zero-order chi connectivity index (χ0) is 12.1. The molecule has 3 nitrogen and oxygen atoms in total. The second kappa shape index (κ2) is 6.07. The average Bonchev–Trinajstić information content (AvgIpc) is 2.79. The van der Waals surface area contributed by atoms with Crippen molar-refractivity contribution in [1.82, 2.24) is 5.32 Å². The molecule has 1 saturated heterocycles. The maximum absolute atomic E-state index is 11.7. The fourth-order valence-electron chi connectivity index (χ4n) is 1.88. The lowest BCUT2D eigenvalue weighted by molar-refractivity contribution is -0.113. The Hall–Kier alpha value is -1.00. The largest absolute Gasteiger partial charge is 0.325 e. The van der Waals surface area contributed by atoms with Crippen LogP contribution in [0.1, 0.15) is 12.0 Å². The van der Waals surface area contributed by atoms with Crippen molar-refractivity contribution in [3.8, 4) is 0 Å². The Kier molecular flexibility index (Phi) is 4.45. The highest BCUT2D eigenvalue weighted by Crippen LogP contribution is 2.17. The van der Waals surface area contributed by atoms with Gasteiger partial charge in [-0.3, -0.25) is 4.79 Å². The lowest BCUT2D eigenvalue weighted by Gasteiger charge is -2.09. The first-order valence-electron chi connectivity index (χ1n) is 5.93. The van der Waals surface area contributed by atoms with Crippen molar-refractivity contribution in [2.24, 2.45) is 0 Å². The molecule has 1 amide bonds. The van der Waals surface area contributed by atoms with Crippen molar-refractivity contribution in [2.75, 3.05) is 24.2 Å². The number of carbonyl (C=O) groups is 1.